The summed E-state index contributed by atoms with van der Waals surface area (Å²) in [6.45, 7) is 13.7. The van der Waals surface area contributed by atoms with Crippen molar-refractivity contribution < 1.29 is 23.8 Å². The van der Waals surface area contributed by atoms with Crippen molar-refractivity contribution in [2.24, 2.45) is 0 Å². The van der Waals surface area contributed by atoms with E-state index in [1.54, 1.807) is 4.90 Å². The topological polar surface area (TPSA) is 103 Å². The predicted molar refractivity (Wildman–Crippen MR) is 132 cm³/mol. The van der Waals surface area contributed by atoms with Gasteiger partial charge < -0.3 is 19.5 Å². The fourth-order valence-electron chi connectivity index (χ4n) is 4.15. The molecule has 1 fully saturated rings. The monoisotopic (exact) mass is 484 g/mol. The number of rotatable bonds is 7. The molecule has 1 aromatic heterocycles. The molecule has 2 aromatic rings. The summed E-state index contributed by atoms with van der Waals surface area (Å²) in [4.78, 5) is 35.3. The van der Waals surface area contributed by atoms with Crippen molar-refractivity contribution in [1.82, 2.24) is 14.9 Å². The van der Waals surface area contributed by atoms with Gasteiger partial charge in [0.15, 0.2) is 0 Å². The van der Waals surface area contributed by atoms with Gasteiger partial charge in [-0.3, -0.25) is 9.69 Å². The van der Waals surface area contributed by atoms with Gasteiger partial charge in [0.25, 0.3) is 5.91 Å². The number of carbonyl (C=O) groups is 2. The van der Waals surface area contributed by atoms with E-state index in [1.165, 1.54) is 12.4 Å². The second-order valence-corrected chi connectivity index (χ2v) is 10.1. The fourth-order valence-corrected chi connectivity index (χ4v) is 4.15. The van der Waals surface area contributed by atoms with Crippen LogP contribution in [-0.2, 0) is 15.9 Å². The lowest BCUT2D eigenvalue weighted by molar-refractivity contribution is -0.0757. The molecular weight excluding hydrogens is 448 g/mol. The van der Waals surface area contributed by atoms with Crippen LogP contribution in [-0.4, -0.2) is 56.9 Å². The number of amides is 2. The lowest BCUT2D eigenvalue weighted by Crippen LogP contribution is -2.50. The number of hydrogen-bond acceptors (Lipinski definition) is 7. The maximum atomic E-state index is 12.9. The van der Waals surface area contributed by atoms with Gasteiger partial charge in [-0.25, -0.2) is 14.8 Å². The minimum atomic E-state index is -0.746. The molecule has 1 aliphatic rings. The van der Waals surface area contributed by atoms with E-state index < -0.39 is 11.3 Å². The number of benzene rings is 1. The van der Waals surface area contributed by atoms with Gasteiger partial charge in [-0.2, -0.15) is 0 Å². The van der Waals surface area contributed by atoms with Crippen LogP contribution in [0.15, 0.2) is 36.7 Å². The van der Waals surface area contributed by atoms with E-state index >= 15 is 0 Å². The lowest BCUT2D eigenvalue weighted by Gasteiger charge is -2.35. The molecule has 0 radical (unpaired) electrons. The van der Waals surface area contributed by atoms with E-state index in [2.05, 4.69) is 15.3 Å². The van der Waals surface area contributed by atoms with E-state index in [9.17, 15) is 9.59 Å². The van der Waals surface area contributed by atoms with Crippen LogP contribution < -0.4 is 10.1 Å². The van der Waals surface area contributed by atoms with E-state index in [-0.39, 0.29) is 29.8 Å². The molecule has 1 saturated heterocycles. The molecule has 190 valence electrons. The zero-order valence-corrected chi connectivity index (χ0v) is 21.6. The zero-order valence-electron chi connectivity index (χ0n) is 21.6. The number of nitrogens with zero attached hydrogens (tertiary/aromatic N) is 3. The van der Waals surface area contributed by atoms with Crippen molar-refractivity contribution in [3.8, 4) is 5.88 Å². The van der Waals surface area contributed by atoms with E-state index in [4.69, 9.17) is 14.2 Å². The van der Waals surface area contributed by atoms with Crippen LogP contribution in [0.25, 0.3) is 0 Å². The molecule has 2 heterocycles. The number of nitrogens with one attached hydrogen (secondary N) is 1. The van der Waals surface area contributed by atoms with Crippen molar-refractivity contribution in [3.63, 3.8) is 0 Å². The first-order valence-corrected chi connectivity index (χ1v) is 11.9. The molecule has 3 rings (SSSR count). The summed E-state index contributed by atoms with van der Waals surface area (Å²) < 4.78 is 17.0. The quantitative estimate of drug-likeness (QED) is 0.601. The molecule has 1 aromatic carbocycles. The van der Waals surface area contributed by atoms with Gasteiger partial charge in [-0.05, 0) is 79.0 Å². The Balaban J connectivity index is 1.60. The molecule has 9 nitrogen and oxygen atoms in total. The van der Waals surface area contributed by atoms with Gasteiger partial charge in [-0.15, -0.1) is 0 Å². The molecule has 1 aliphatic heterocycles. The summed E-state index contributed by atoms with van der Waals surface area (Å²) in [6, 6.07) is 7.50. The minimum Gasteiger partial charge on any atom is -0.477 e. The highest BCUT2D eigenvalue weighted by Crippen LogP contribution is 2.35. The first kappa shape index (κ1) is 26.4. The van der Waals surface area contributed by atoms with Crippen molar-refractivity contribution in [2.75, 3.05) is 11.9 Å². The molecule has 2 amide bonds. The van der Waals surface area contributed by atoms with Crippen molar-refractivity contribution in [3.05, 3.63) is 47.9 Å². The third kappa shape index (κ3) is 6.91. The normalized spacial score (nSPS) is 19.3. The minimum absolute atomic E-state index is 0.113. The van der Waals surface area contributed by atoms with Crippen LogP contribution >= 0.6 is 0 Å². The Kier molecular flexibility index (Phi) is 8.00. The lowest BCUT2D eigenvalue weighted by atomic mass is 10.0. The van der Waals surface area contributed by atoms with Gasteiger partial charge in [0.1, 0.15) is 17.0 Å². The first-order chi connectivity index (χ1) is 16.4. The van der Waals surface area contributed by atoms with Crippen molar-refractivity contribution in [1.29, 1.82) is 0 Å². The number of hydrogen-bond donors (Lipinski definition) is 1. The summed E-state index contributed by atoms with van der Waals surface area (Å²) in [5.74, 6) is 0.0319. The summed E-state index contributed by atoms with van der Waals surface area (Å²) in [5, 5.41) is 2.82. The van der Waals surface area contributed by atoms with Crippen LogP contribution in [0.2, 0.25) is 0 Å². The van der Waals surface area contributed by atoms with Gasteiger partial charge in [0.2, 0.25) is 5.88 Å². The SMILES string of the molecule is CCOc1cnc(C(=O)Nc2ccc(CCC3C(C)OC(C)(C)N3C(=O)OC(C)(C)C)cc2)cn1. The second-order valence-electron chi connectivity index (χ2n) is 10.1. The van der Waals surface area contributed by atoms with Crippen LogP contribution in [0.3, 0.4) is 0 Å². The van der Waals surface area contributed by atoms with Crippen LogP contribution in [0, 0.1) is 0 Å². The Morgan fingerprint density at radius 1 is 1.14 bits per heavy atom. The second kappa shape index (κ2) is 10.6. The Bertz CT molecular complexity index is 1020. The Morgan fingerprint density at radius 2 is 1.83 bits per heavy atom. The smallest absolute Gasteiger partial charge is 0.412 e. The number of carbonyl (C=O) groups excluding carboxylic acids is 2. The molecule has 2 atom stereocenters. The van der Waals surface area contributed by atoms with E-state index in [1.807, 2.05) is 72.7 Å². The molecule has 1 N–H and O–H groups in total. The number of aromatic nitrogens is 2. The summed E-state index contributed by atoms with van der Waals surface area (Å²) in [5.41, 5.74) is 0.622. The Morgan fingerprint density at radius 3 is 2.40 bits per heavy atom. The average molecular weight is 485 g/mol. The van der Waals surface area contributed by atoms with Gasteiger partial charge in [0.05, 0.1) is 31.1 Å². The molecule has 2 unspecified atom stereocenters. The highest BCUT2D eigenvalue weighted by molar-refractivity contribution is 6.02. The van der Waals surface area contributed by atoms with Gasteiger partial charge in [0, 0.05) is 5.69 Å². The number of anilines is 1. The third-order valence-corrected chi connectivity index (χ3v) is 5.61. The average Bonchev–Trinajstić information content (AvgIpc) is 3.00. The van der Waals surface area contributed by atoms with Crippen LogP contribution in [0.1, 0.15) is 70.9 Å². The van der Waals surface area contributed by atoms with Crippen molar-refractivity contribution in [2.45, 2.75) is 84.8 Å². The number of ether oxygens (including phenoxy) is 3. The van der Waals surface area contributed by atoms with E-state index in [0.29, 0.717) is 18.2 Å². The first-order valence-electron chi connectivity index (χ1n) is 11.9. The predicted octanol–water partition coefficient (Wildman–Crippen LogP) is 4.82. The Labute approximate surface area is 207 Å². The molecule has 9 heteroatoms. The fraction of sp³-hybridized carbons (Fsp3) is 0.538. The molecule has 35 heavy (non-hydrogen) atoms. The molecule has 0 spiro atoms. The van der Waals surface area contributed by atoms with E-state index in [0.717, 1.165) is 18.4 Å². The number of aryl methyl sites for hydroxylation is 1. The molecular formula is C26H36N4O5. The highest BCUT2D eigenvalue weighted by atomic mass is 16.6. The standard InChI is InChI=1S/C26H36N4O5/c1-8-33-22-16-27-20(15-28-22)23(31)29-19-12-9-18(10-13-19)11-14-21-17(2)34-26(6,7)30(21)24(32)35-25(3,4)5/h9-10,12-13,15-17,21H,8,11,14H2,1-7H3,(H,29,31). The molecule has 0 aliphatic carbocycles. The van der Waals surface area contributed by atoms with Crippen LogP contribution in [0.5, 0.6) is 5.88 Å². The largest absolute Gasteiger partial charge is 0.477 e. The maximum Gasteiger partial charge on any atom is 0.412 e. The highest BCUT2D eigenvalue weighted by Gasteiger charge is 2.49. The maximum absolute atomic E-state index is 12.9. The van der Waals surface area contributed by atoms with Gasteiger partial charge >= 0.3 is 6.09 Å². The summed E-state index contributed by atoms with van der Waals surface area (Å²) in [6.07, 6.45) is 3.79. The Hall–Kier alpha value is -3.20. The molecule has 0 bridgehead atoms. The van der Waals surface area contributed by atoms with Crippen LogP contribution in [0.4, 0.5) is 10.5 Å². The summed E-state index contributed by atoms with van der Waals surface area (Å²) >= 11 is 0. The van der Waals surface area contributed by atoms with Crippen molar-refractivity contribution >= 4 is 17.7 Å². The zero-order chi connectivity index (χ0) is 25.8. The summed E-state index contributed by atoms with van der Waals surface area (Å²) in [7, 11) is 0. The third-order valence-electron chi connectivity index (χ3n) is 5.61. The van der Waals surface area contributed by atoms with Gasteiger partial charge in [-0.1, -0.05) is 12.1 Å². The molecule has 0 saturated carbocycles.